The molecule has 0 amide bonds. The number of nitrogens with zero attached hydrogens (tertiary/aromatic N) is 2. The van der Waals surface area contributed by atoms with Crippen molar-refractivity contribution in [2.24, 2.45) is 24.3 Å². The number of rotatable bonds is 3. The zero-order valence-corrected chi connectivity index (χ0v) is 18.3. The van der Waals surface area contributed by atoms with Gasteiger partial charge in [-0.15, -0.1) is 11.3 Å². The van der Waals surface area contributed by atoms with Crippen LogP contribution in [0.2, 0.25) is 0 Å². The Labute approximate surface area is 173 Å². The van der Waals surface area contributed by atoms with E-state index in [2.05, 4.69) is 11.4 Å². The molecule has 0 spiro atoms. The van der Waals surface area contributed by atoms with Crippen molar-refractivity contribution in [1.29, 1.82) is 0 Å². The molecule has 0 unspecified atom stereocenters. The molecule has 0 bridgehead atoms. The number of hydrogen-bond acceptors (Lipinski definition) is 5. The Kier molecular flexibility index (Phi) is 4.69. The summed E-state index contributed by atoms with van der Waals surface area (Å²) in [6, 6.07) is 3.92. The van der Waals surface area contributed by atoms with Gasteiger partial charge in [-0.1, -0.05) is 39.8 Å². The van der Waals surface area contributed by atoms with Crippen LogP contribution in [0.4, 0.5) is 5.82 Å². The highest BCUT2D eigenvalue weighted by Gasteiger charge is 2.46. The first-order valence-corrected chi connectivity index (χ1v) is 10.9. The molecule has 4 rings (SSSR count). The smallest absolute Gasteiger partial charge is 0.332 e. The van der Waals surface area contributed by atoms with Gasteiger partial charge in [-0.3, -0.25) is 18.7 Å². The topological polar surface area (TPSA) is 73.1 Å². The number of Topliss-reactive ketones (excluding diaryl/α,β-unsaturated/α-hetero) is 1. The van der Waals surface area contributed by atoms with Crippen LogP contribution < -0.4 is 16.6 Å². The second-order valence-electron chi connectivity index (χ2n) is 9.24. The fraction of sp³-hybridized carbons (Fsp3) is 0.500. The molecule has 2 aliphatic rings. The zero-order valence-electron chi connectivity index (χ0n) is 17.5. The third-order valence-corrected chi connectivity index (χ3v) is 6.70. The van der Waals surface area contributed by atoms with Crippen LogP contribution in [0.5, 0.6) is 0 Å². The second-order valence-corrected chi connectivity index (χ2v) is 10.2. The standard InChI is InChI=1S/C22H27N3O3S/c1-12(2)11-25-19-18(20(27)24(5)21(25)28)17(15-7-6-8-29-15)16-13(23-19)9-22(3,4)10-14(16)26/h6-9,12,16-17,23H,10-11H2,1-5H3/t16-,17-/m1/s1. The monoisotopic (exact) mass is 413 g/mol. The Hall–Kier alpha value is -2.41. The number of carbonyl (C=O) groups excluding carboxylic acids is 1. The van der Waals surface area contributed by atoms with Crippen molar-refractivity contribution in [3.8, 4) is 0 Å². The van der Waals surface area contributed by atoms with Crippen LogP contribution in [0.25, 0.3) is 0 Å². The summed E-state index contributed by atoms with van der Waals surface area (Å²) in [6.07, 6.45) is 2.54. The van der Waals surface area contributed by atoms with Gasteiger partial charge in [0.15, 0.2) is 0 Å². The van der Waals surface area contributed by atoms with Crippen molar-refractivity contribution < 1.29 is 4.79 Å². The van der Waals surface area contributed by atoms with Crippen LogP contribution in [0.1, 0.15) is 50.5 Å². The normalized spacial score (nSPS) is 22.7. The molecule has 7 heteroatoms. The Balaban J connectivity index is 2.07. The molecule has 2 aromatic heterocycles. The van der Waals surface area contributed by atoms with Gasteiger partial charge in [0, 0.05) is 36.5 Å². The van der Waals surface area contributed by atoms with Crippen LogP contribution in [0.3, 0.4) is 0 Å². The number of nitrogens with one attached hydrogen (secondary N) is 1. The van der Waals surface area contributed by atoms with Crippen molar-refractivity contribution in [2.45, 2.75) is 46.6 Å². The number of allylic oxidation sites excluding steroid dienone is 2. The first-order chi connectivity index (χ1) is 13.6. The summed E-state index contributed by atoms with van der Waals surface area (Å²) in [7, 11) is 1.52. The molecule has 0 saturated carbocycles. The minimum Gasteiger partial charge on any atom is -0.344 e. The van der Waals surface area contributed by atoms with E-state index >= 15 is 0 Å². The summed E-state index contributed by atoms with van der Waals surface area (Å²) in [5.74, 6) is 0.101. The molecule has 1 N–H and O–H groups in total. The van der Waals surface area contributed by atoms with E-state index in [1.807, 2.05) is 45.2 Å². The Morgan fingerprint density at radius 1 is 1.24 bits per heavy atom. The van der Waals surface area contributed by atoms with Crippen molar-refractivity contribution >= 4 is 22.9 Å². The molecular weight excluding hydrogens is 386 g/mol. The van der Waals surface area contributed by atoms with Gasteiger partial charge in [-0.25, -0.2) is 4.79 Å². The van der Waals surface area contributed by atoms with E-state index in [1.165, 1.54) is 11.6 Å². The molecular formula is C22H27N3O3S. The maximum atomic E-state index is 13.3. The molecule has 0 radical (unpaired) electrons. The zero-order chi connectivity index (χ0) is 21.1. The van der Waals surface area contributed by atoms with Gasteiger partial charge in [-0.2, -0.15) is 0 Å². The summed E-state index contributed by atoms with van der Waals surface area (Å²) < 4.78 is 2.83. The number of aromatic nitrogens is 2. The lowest BCUT2D eigenvalue weighted by Crippen LogP contribution is -2.48. The van der Waals surface area contributed by atoms with Crippen molar-refractivity contribution in [2.75, 3.05) is 5.32 Å². The number of fused-ring (bicyclic) bond motifs is 2. The first kappa shape index (κ1) is 19.9. The molecule has 2 atom stereocenters. The molecule has 2 aromatic rings. The molecule has 154 valence electrons. The summed E-state index contributed by atoms with van der Waals surface area (Å²) in [5, 5.41) is 5.32. The van der Waals surface area contributed by atoms with Gasteiger partial charge in [-0.05, 0) is 22.8 Å². The summed E-state index contributed by atoms with van der Waals surface area (Å²) in [5.41, 5.74) is 0.400. The van der Waals surface area contributed by atoms with Gasteiger partial charge in [0.25, 0.3) is 5.56 Å². The predicted molar refractivity (Wildman–Crippen MR) is 116 cm³/mol. The lowest BCUT2D eigenvalue weighted by molar-refractivity contribution is -0.124. The molecule has 29 heavy (non-hydrogen) atoms. The average molecular weight is 414 g/mol. The van der Waals surface area contributed by atoms with Crippen molar-refractivity contribution in [3.63, 3.8) is 0 Å². The van der Waals surface area contributed by atoms with Gasteiger partial charge < -0.3 is 5.32 Å². The third-order valence-electron chi connectivity index (χ3n) is 5.74. The number of ketones is 1. The first-order valence-electron chi connectivity index (χ1n) is 10.0. The van der Waals surface area contributed by atoms with Gasteiger partial charge in [0.1, 0.15) is 11.6 Å². The predicted octanol–water partition coefficient (Wildman–Crippen LogP) is 3.32. The molecule has 1 aliphatic carbocycles. The quantitative estimate of drug-likeness (QED) is 0.838. The highest BCUT2D eigenvalue weighted by Crippen LogP contribution is 2.48. The van der Waals surface area contributed by atoms with Crippen LogP contribution in [0.15, 0.2) is 38.9 Å². The number of hydrogen-bond donors (Lipinski definition) is 1. The second kappa shape index (κ2) is 6.83. The van der Waals surface area contributed by atoms with Gasteiger partial charge >= 0.3 is 5.69 Å². The van der Waals surface area contributed by atoms with E-state index in [0.717, 1.165) is 10.6 Å². The average Bonchev–Trinajstić information content (AvgIpc) is 3.15. The van der Waals surface area contributed by atoms with E-state index in [4.69, 9.17) is 0 Å². The molecule has 1 aliphatic heterocycles. The lowest BCUT2D eigenvalue weighted by atomic mass is 9.68. The maximum absolute atomic E-state index is 13.3. The summed E-state index contributed by atoms with van der Waals surface area (Å²) >= 11 is 1.55. The largest absolute Gasteiger partial charge is 0.344 e. The highest BCUT2D eigenvalue weighted by atomic mass is 32.1. The van der Waals surface area contributed by atoms with E-state index in [-0.39, 0.29) is 34.3 Å². The van der Waals surface area contributed by atoms with E-state index < -0.39 is 5.92 Å². The van der Waals surface area contributed by atoms with Gasteiger partial charge in [0.05, 0.1) is 11.5 Å². The number of anilines is 1. The van der Waals surface area contributed by atoms with Crippen molar-refractivity contribution in [3.05, 3.63) is 60.6 Å². The lowest BCUT2D eigenvalue weighted by Gasteiger charge is -2.41. The fourth-order valence-corrected chi connectivity index (χ4v) is 5.46. The van der Waals surface area contributed by atoms with Crippen LogP contribution >= 0.6 is 11.3 Å². The van der Waals surface area contributed by atoms with Crippen LogP contribution in [-0.4, -0.2) is 14.9 Å². The molecule has 3 heterocycles. The third kappa shape index (κ3) is 3.21. The molecule has 0 saturated heterocycles. The van der Waals surface area contributed by atoms with Crippen LogP contribution in [-0.2, 0) is 18.4 Å². The number of thiophene rings is 1. The van der Waals surface area contributed by atoms with Crippen LogP contribution in [0, 0.1) is 17.3 Å². The Morgan fingerprint density at radius 3 is 2.59 bits per heavy atom. The SMILES string of the molecule is CC(C)Cn1c2c(c(=O)n(C)c1=O)[C@H](c1cccs1)[C@H]1C(=O)CC(C)(C)C=C1N2. The number of carbonyl (C=O) groups is 1. The fourth-order valence-electron chi connectivity index (χ4n) is 4.59. The molecule has 0 fully saturated rings. The highest BCUT2D eigenvalue weighted by molar-refractivity contribution is 7.10. The van der Waals surface area contributed by atoms with E-state index in [9.17, 15) is 14.4 Å². The minimum atomic E-state index is -0.424. The van der Waals surface area contributed by atoms with E-state index in [1.54, 1.807) is 15.9 Å². The van der Waals surface area contributed by atoms with Crippen molar-refractivity contribution in [1.82, 2.24) is 9.13 Å². The Morgan fingerprint density at radius 2 is 1.97 bits per heavy atom. The molecule has 0 aromatic carbocycles. The Bertz CT molecular complexity index is 1120. The summed E-state index contributed by atoms with van der Waals surface area (Å²) in [6.45, 7) is 8.65. The maximum Gasteiger partial charge on any atom is 0.332 e. The van der Waals surface area contributed by atoms with Gasteiger partial charge in [0.2, 0.25) is 0 Å². The minimum absolute atomic E-state index is 0.132. The van der Waals surface area contributed by atoms with E-state index in [0.29, 0.717) is 24.3 Å². The molecule has 6 nitrogen and oxygen atoms in total. The summed E-state index contributed by atoms with van der Waals surface area (Å²) in [4.78, 5) is 40.4.